The summed E-state index contributed by atoms with van der Waals surface area (Å²) in [6, 6.07) is 6.67. The lowest BCUT2D eigenvalue weighted by atomic mass is 9.84. The highest BCUT2D eigenvalue weighted by Crippen LogP contribution is 2.39. The van der Waals surface area contributed by atoms with Crippen molar-refractivity contribution in [3.8, 4) is 0 Å². The second kappa shape index (κ2) is 14.9. The molecule has 3 rings (SSSR count). The summed E-state index contributed by atoms with van der Waals surface area (Å²) in [4.78, 5) is 17.2. The topological polar surface area (TPSA) is 71.0 Å². The molecule has 1 saturated heterocycles. The fourth-order valence-electron chi connectivity index (χ4n) is 6.02. The Bertz CT molecular complexity index is 1260. The number of nitrogens with one attached hydrogen (secondary N) is 2. The number of nitrogens with zero attached hydrogens (tertiary/aromatic N) is 3. The van der Waals surface area contributed by atoms with Crippen molar-refractivity contribution in [2.75, 3.05) is 54.2 Å². The molecule has 1 aliphatic heterocycles. The van der Waals surface area contributed by atoms with Gasteiger partial charge in [-0.1, -0.05) is 32.6 Å². The summed E-state index contributed by atoms with van der Waals surface area (Å²) in [5.41, 5.74) is 12.7. The van der Waals surface area contributed by atoms with Crippen molar-refractivity contribution in [2.45, 2.75) is 71.7 Å². The van der Waals surface area contributed by atoms with Crippen LogP contribution in [-0.2, 0) is 27.2 Å². The summed E-state index contributed by atoms with van der Waals surface area (Å²) in [6.07, 6.45) is 4.27. The average Bonchev–Trinajstić information content (AvgIpc) is 3.26. The third-order valence-electron chi connectivity index (χ3n) is 8.26. The van der Waals surface area contributed by atoms with Gasteiger partial charge in [0, 0.05) is 68.0 Å². The van der Waals surface area contributed by atoms with Crippen LogP contribution in [0.15, 0.2) is 36.6 Å². The summed E-state index contributed by atoms with van der Waals surface area (Å²) < 4.78 is 14.1. The number of esters is 1. The predicted molar refractivity (Wildman–Crippen MR) is 178 cm³/mol. The highest BCUT2D eigenvalue weighted by molar-refractivity contribution is 7.80. The molecular formula is C33H53N5O3S. The standard InChI is InChI=1S/C33H53N5O3S/c1-11-24(30(37(8)9)22(3)40-10)31-26(19-33(4,5)21-41-32(39)27-14-13-17-34-35-27)25-18-23(29(20-42)36(6)7)15-16-28(25)38(31)12-2/h11,15-16,18,22,27,29,34-35,42H,1,12-14,17,19-21H2,2-10H3/b30-24+/t22-,27-,29?/m0/s1. The van der Waals surface area contributed by atoms with Gasteiger partial charge in [-0.25, -0.2) is 5.43 Å². The molecule has 0 amide bonds. The minimum absolute atomic E-state index is 0.132. The Morgan fingerprint density at radius 1 is 1.29 bits per heavy atom. The summed E-state index contributed by atoms with van der Waals surface area (Å²) in [7, 11) is 10.0. The van der Waals surface area contributed by atoms with E-state index in [1.165, 1.54) is 22.0 Å². The quantitative estimate of drug-likeness (QED) is 0.159. The molecule has 1 aromatic carbocycles. The first-order chi connectivity index (χ1) is 19.9. The fraction of sp³-hybridized carbons (Fsp3) is 0.606. The number of carbonyl (C=O) groups is 1. The number of likely N-dealkylation sites (N-methyl/N-ethyl adjacent to an activating group) is 1. The second-order valence-corrected chi connectivity index (χ2v) is 12.9. The van der Waals surface area contributed by atoms with Gasteiger partial charge in [0.1, 0.15) is 6.04 Å². The molecule has 42 heavy (non-hydrogen) atoms. The van der Waals surface area contributed by atoms with E-state index in [0.717, 1.165) is 42.9 Å². The Morgan fingerprint density at radius 3 is 2.52 bits per heavy atom. The molecule has 2 heterocycles. The smallest absolute Gasteiger partial charge is 0.324 e. The number of hydrogen-bond acceptors (Lipinski definition) is 8. The van der Waals surface area contributed by atoms with E-state index in [1.807, 2.05) is 6.08 Å². The van der Waals surface area contributed by atoms with Crippen molar-refractivity contribution in [3.63, 3.8) is 0 Å². The van der Waals surface area contributed by atoms with E-state index in [0.29, 0.717) is 18.8 Å². The number of hydrazine groups is 1. The van der Waals surface area contributed by atoms with E-state index in [1.54, 1.807) is 7.11 Å². The first-order valence-electron chi connectivity index (χ1n) is 15.0. The van der Waals surface area contributed by atoms with E-state index in [9.17, 15) is 4.79 Å². The Balaban J connectivity index is 2.22. The largest absolute Gasteiger partial charge is 0.464 e. The second-order valence-electron chi connectivity index (χ2n) is 12.5. The van der Waals surface area contributed by atoms with Crippen LogP contribution < -0.4 is 10.9 Å². The molecule has 8 nitrogen and oxygen atoms in total. The highest BCUT2D eigenvalue weighted by atomic mass is 32.1. The highest BCUT2D eigenvalue weighted by Gasteiger charge is 2.31. The molecule has 1 aliphatic rings. The lowest BCUT2D eigenvalue weighted by molar-refractivity contribution is -0.150. The first-order valence-corrected chi connectivity index (χ1v) is 15.7. The zero-order chi connectivity index (χ0) is 31.2. The van der Waals surface area contributed by atoms with Crippen molar-refractivity contribution in [1.29, 1.82) is 0 Å². The number of hydrogen-bond donors (Lipinski definition) is 3. The molecule has 2 N–H and O–H groups in total. The summed E-state index contributed by atoms with van der Waals surface area (Å²) in [5, 5.41) is 1.21. The molecule has 2 aromatic rings. The molecule has 0 aliphatic carbocycles. The van der Waals surface area contributed by atoms with Crippen molar-refractivity contribution in [1.82, 2.24) is 25.2 Å². The van der Waals surface area contributed by atoms with Crippen molar-refractivity contribution in [3.05, 3.63) is 53.4 Å². The van der Waals surface area contributed by atoms with Gasteiger partial charge in [-0.05, 0) is 70.5 Å². The van der Waals surface area contributed by atoms with Gasteiger partial charge in [0.15, 0.2) is 0 Å². The molecule has 234 valence electrons. The number of rotatable bonds is 14. The molecule has 0 bridgehead atoms. The maximum atomic E-state index is 12.9. The van der Waals surface area contributed by atoms with Crippen LogP contribution in [0.1, 0.15) is 63.4 Å². The van der Waals surface area contributed by atoms with E-state index < -0.39 is 0 Å². The normalized spacial score (nSPS) is 18.1. The van der Waals surface area contributed by atoms with Crippen LogP contribution in [0, 0.1) is 5.41 Å². The van der Waals surface area contributed by atoms with Gasteiger partial charge in [-0.15, -0.1) is 0 Å². The van der Waals surface area contributed by atoms with Crippen LogP contribution in [-0.4, -0.2) is 86.7 Å². The summed E-state index contributed by atoms with van der Waals surface area (Å²) in [5.74, 6) is 0.515. The molecule has 9 heteroatoms. The fourth-order valence-corrected chi connectivity index (χ4v) is 6.56. The maximum Gasteiger partial charge on any atom is 0.324 e. The third-order valence-corrected chi connectivity index (χ3v) is 8.61. The Hall–Kier alpha value is -2.30. The molecule has 1 aromatic heterocycles. The predicted octanol–water partition coefficient (Wildman–Crippen LogP) is 5.06. The van der Waals surface area contributed by atoms with Gasteiger partial charge in [0.25, 0.3) is 0 Å². The van der Waals surface area contributed by atoms with E-state index >= 15 is 0 Å². The van der Waals surface area contributed by atoms with Crippen molar-refractivity contribution >= 4 is 35.1 Å². The van der Waals surface area contributed by atoms with E-state index in [4.69, 9.17) is 9.47 Å². The molecule has 0 saturated carbocycles. The summed E-state index contributed by atoms with van der Waals surface area (Å²) >= 11 is 4.67. The van der Waals surface area contributed by atoms with Gasteiger partial charge < -0.3 is 23.8 Å². The van der Waals surface area contributed by atoms with Gasteiger partial charge in [0.05, 0.1) is 24.1 Å². The Labute approximate surface area is 258 Å². The van der Waals surface area contributed by atoms with Crippen LogP contribution in [0.2, 0.25) is 0 Å². The summed E-state index contributed by atoms with van der Waals surface area (Å²) in [6.45, 7) is 14.9. The number of benzene rings is 1. The van der Waals surface area contributed by atoms with Crippen LogP contribution in [0.4, 0.5) is 0 Å². The molecular weight excluding hydrogens is 546 g/mol. The zero-order valence-electron chi connectivity index (χ0n) is 27.2. The number of fused-ring (bicyclic) bond motifs is 1. The van der Waals surface area contributed by atoms with Crippen molar-refractivity contribution in [2.24, 2.45) is 5.41 Å². The Kier molecular flexibility index (Phi) is 12.2. The average molecular weight is 600 g/mol. The van der Waals surface area contributed by atoms with Crippen LogP contribution >= 0.6 is 12.6 Å². The van der Waals surface area contributed by atoms with Crippen molar-refractivity contribution < 1.29 is 14.3 Å². The minimum Gasteiger partial charge on any atom is -0.464 e. The Morgan fingerprint density at radius 2 is 2.00 bits per heavy atom. The van der Waals surface area contributed by atoms with Crippen LogP contribution in [0.25, 0.3) is 16.5 Å². The third kappa shape index (κ3) is 7.61. The maximum absolute atomic E-state index is 12.9. The molecule has 1 fully saturated rings. The SMILES string of the molecule is C=C/C(=C(/[C@H](C)OC)N(C)C)c1c(CC(C)(C)COC(=O)[C@@H]2CCCNN2)c2cc(C(CS)N(C)C)ccc2n1CC. The number of aryl methyl sites for hydroxylation is 1. The zero-order valence-corrected chi connectivity index (χ0v) is 28.1. The van der Waals surface area contributed by atoms with Gasteiger partial charge in [-0.2, -0.15) is 12.6 Å². The number of thiol groups is 1. The van der Waals surface area contributed by atoms with E-state index in [2.05, 4.69) is 119 Å². The van der Waals surface area contributed by atoms with Gasteiger partial charge >= 0.3 is 5.97 Å². The number of methoxy groups -OCH3 is 1. The molecule has 0 radical (unpaired) electrons. The molecule has 1 unspecified atom stereocenters. The lowest BCUT2D eigenvalue weighted by Crippen LogP contribution is -2.50. The molecule has 3 atom stereocenters. The van der Waals surface area contributed by atoms with Gasteiger partial charge in [-0.3, -0.25) is 10.2 Å². The van der Waals surface area contributed by atoms with Gasteiger partial charge in [0.2, 0.25) is 0 Å². The molecule has 0 spiro atoms. The lowest BCUT2D eigenvalue weighted by Gasteiger charge is -2.29. The number of carbonyl (C=O) groups excluding carboxylic acids is 1. The minimum atomic E-state index is -0.322. The first kappa shape index (κ1) is 34.2. The number of allylic oxidation sites excluding steroid dienone is 2. The van der Waals surface area contributed by atoms with E-state index in [-0.39, 0.29) is 29.6 Å². The number of aromatic nitrogens is 1. The van der Waals surface area contributed by atoms with Crippen LogP contribution in [0.3, 0.4) is 0 Å². The number of ether oxygens (including phenoxy) is 2. The monoisotopic (exact) mass is 599 g/mol. The van der Waals surface area contributed by atoms with Crippen LogP contribution in [0.5, 0.6) is 0 Å².